The third-order valence-corrected chi connectivity index (χ3v) is 5.04. The molecule has 0 aromatic carbocycles. The number of carbonyl (C=O) groups is 2. The Morgan fingerprint density at radius 1 is 1.53 bits per heavy atom. The van der Waals surface area contributed by atoms with E-state index in [9.17, 15) is 9.59 Å². The van der Waals surface area contributed by atoms with Gasteiger partial charge < -0.3 is 10.2 Å². The van der Waals surface area contributed by atoms with Gasteiger partial charge in [-0.3, -0.25) is 9.59 Å². The Morgan fingerprint density at radius 3 is 2.88 bits per heavy atom. The Morgan fingerprint density at radius 2 is 2.29 bits per heavy atom. The molecule has 5 heteroatoms. The second kappa shape index (κ2) is 4.88. The van der Waals surface area contributed by atoms with Gasteiger partial charge in [-0.25, -0.2) is 0 Å². The molecule has 2 heterocycles. The quantitative estimate of drug-likeness (QED) is 0.820. The Kier molecular flexibility index (Phi) is 3.66. The highest BCUT2D eigenvalue weighted by Crippen LogP contribution is 2.38. The van der Waals surface area contributed by atoms with Crippen LogP contribution in [0.2, 0.25) is 0 Å². The van der Waals surface area contributed by atoms with Crippen LogP contribution >= 0.6 is 11.8 Å². The summed E-state index contributed by atoms with van der Waals surface area (Å²) in [5.74, 6) is 1.23. The molecule has 0 spiro atoms. The average Bonchev–Trinajstić information content (AvgIpc) is 2.70. The minimum Gasteiger partial charge on any atom is -0.343 e. The first-order valence-electron chi connectivity index (χ1n) is 6.26. The van der Waals surface area contributed by atoms with Crippen molar-refractivity contribution in [2.24, 2.45) is 0 Å². The normalized spacial score (nSPS) is 34.0. The van der Waals surface area contributed by atoms with Crippen molar-refractivity contribution in [2.75, 3.05) is 18.8 Å². The Balaban J connectivity index is 2.03. The van der Waals surface area contributed by atoms with Crippen molar-refractivity contribution in [1.29, 1.82) is 0 Å². The van der Waals surface area contributed by atoms with E-state index in [0.717, 1.165) is 6.42 Å². The third-order valence-electron chi connectivity index (χ3n) is 3.51. The maximum absolute atomic E-state index is 12.1. The SMILES string of the molecule is CCC1NC(=O)CN(CC2(C)CCCS2)C1=O. The molecule has 2 fully saturated rings. The maximum atomic E-state index is 12.1. The highest BCUT2D eigenvalue weighted by molar-refractivity contribution is 8.00. The van der Waals surface area contributed by atoms with Crippen LogP contribution in [0.3, 0.4) is 0 Å². The minimum atomic E-state index is -0.314. The zero-order valence-electron chi connectivity index (χ0n) is 10.5. The van der Waals surface area contributed by atoms with Crippen LogP contribution in [0.5, 0.6) is 0 Å². The predicted octanol–water partition coefficient (Wildman–Crippen LogP) is 1.01. The van der Waals surface area contributed by atoms with Crippen molar-refractivity contribution in [1.82, 2.24) is 10.2 Å². The monoisotopic (exact) mass is 256 g/mol. The fourth-order valence-electron chi connectivity index (χ4n) is 2.55. The van der Waals surface area contributed by atoms with Crippen molar-refractivity contribution in [3.05, 3.63) is 0 Å². The Bertz CT molecular complexity index is 326. The molecule has 0 radical (unpaired) electrons. The molecule has 1 N–H and O–H groups in total. The van der Waals surface area contributed by atoms with E-state index in [1.54, 1.807) is 4.90 Å². The van der Waals surface area contributed by atoms with Gasteiger partial charge in [0.1, 0.15) is 6.04 Å². The third kappa shape index (κ3) is 2.76. The van der Waals surface area contributed by atoms with Gasteiger partial charge in [0, 0.05) is 11.3 Å². The van der Waals surface area contributed by atoms with Gasteiger partial charge in [0.2, 0.25) is 11.8 Å². The molecule has 96 valence electrons. The molecule has 0 aliphatic carbocycles. The lowest BCUT2D eigenvalue weighted by Crippen LogP contribution is -2.59. The first-order valence-corrected chi connectivity index (χ1v) is 7.25. The highest BCUT2D eigenvalue weighted by Gasteiger charge is 2.38. The average molecular weight is 256 g/mol. The topological polar surface area (TPSA) is 49.4 Å². The van der Waals surface area contributed by atoms with Crippen molar-refractivity contribution in [3.8, 4) is 0 Å². The smallest absolute Gasteiger partial charge is 0.245 e. The molecule has 2 rings (SSSR count). The summed E-state index contributed by atoms with van der Waals surface area (Å²) in [7, 11) is 0. The van der Waals surface area contributed by atoms with Crippen LogP contribution in [0, 0.1) is 0 Å². The van der Waals surface area contributed by atoms with Crippen molar-refractivity contribution < 1.29 is 9.59 Å². The summed E-state index contributed by atoms with van der Waals surface area (Å²) in [6.07, 6.45) is 3.03. The molecule has 2 aliphatic heterocycles. The molecule has 17 heavy (non-hydrogen) atoms. The van der Waals surface area contributed by atoms with Crippen molar-refractivity contribution >= 4 is 23.6 Å². The summed E-state index contributed by atoms with van der Waals surface area (Å²) in [6, 6.07) is -0.314. The van der Waals surface area contributed by atoms with Crippen LogP contribution in [-0.2, 0) is 9.59 Å². The molecule has 0 bridgehead atoms. The van der Waals surface area contributed by atoms with E-state index in [1.165, 1.54) is 12.2 Å². The zero-order chi connectivity index (χ0) is 12.5. The molecule has 0 aromatic rings. The lowest BCUT2D eigenvalue weighted by molar-refractivity contribution is -0.144. The van der Waals surface area contributed by atoms with Crippen LogP contribution in [0.1, 0.15) is 33.1 Å². The van der Waals surface area contributed by atoms with E-state index >= 15 is 0 Å². The van der Waals surface area contributed by atoms with Crippen LogP contribution in [-0.4, -0.2) is 46.3 Å². The van der Waals surface area contributed by atoms with Crippen molar-refractivity contribution in [3.63, 3.8) is 0 Å². The minimum absolute atomic E-state index is 0.0250. The summed E-state index contributed by atoms with van der Waals surface area (Å²) in [5.41, 5.74) is 0. The number of piperazine rings is 1. The van der Waals surface area contributed by atoms with E-state index in [0.29, 0.717) is 13.0 Å². The second-order valence-corrected chi connectivity index (χ2v) is 6.81. The summed E-state index contributed by atoms with van der Waals surface area (Å²) >= 11 is 1.92. The Labute approximate surface area is 106 Å². The number of rotatable bonds is 3. The predicted molar refractivity (Wildman–Crippen MR) is 68.9 cm³/mol. The summed E-state index contributed by atoms with van der Waals surface area (Å²) in [4.78, 5) is 25.4. The molecular weight excluding hydrogens is 236 g/mol. The van der Waals surface area contributed by atoms with Gasteiger partial charge in [0.25, 0.3) is 0 Å². The number of hydrogen-bond acceptors (Lipinski definition) is 3. The fourth-order valence-corrected chi connectivity index (χ4v) is 3.87. The standard InChI is InChI=1S/C12H20N2O2S/c1-3-9-11(16)14(7-10(15)13-9)8-12(2)5-4-6-17-12/h9H,3-8H2,1-2H3,(H,13,15). The van der Waals surface area contributed by atoms with Crippen LogP contribution < -0.4 is 5.32 Å². The number of hydrogen-bond donors (Lipinski definition) is 1. The molecule has 0 saturated carbocycles. The molecule has 0 aromatic heterocycles. The molecule has 2 atom stereocenters. The van der Waals surface area contributed by atoms with Gasteiger partial charge in [-0.2, -0.15) is 11.8 Å². The van der Waals surface area contributed by atoms with Crippen LogP contribution in [0.15, 0.2) is 0 Å². The molecule has 2 unspecified atom stereocenters. The zero-order valence-corrected chi connectivity index (χ0v) is 11.3. The van der Waals surface area contributed by atoms with Crippen LogP contribution in [0.4, 0.5) is 0 Å². The highest BCUT2D eigenvalue weighted by atomic mass is 32.2. The number of amides is 2. The largest absolute Gasteiger partial charge is 0.343 e. The summed E-state index contributed by atoms with van der Waals surface area (Å²) < 4.78 is 0.144. The van der Waals surface area contributed by atoms with Crippen LogP contribution in [0.25, 0.3) is 0 Å². The summed E-state index contributed by atoms with van der Waals surface area (Å²) in [5, 5.41) is 2.75. The maximum Gasteiger partial charge on any atom is 0.245 e. The Hall–Kier alpha value is -0.710. The van der Waals surface area contributed by atoms with Gasteiger partial charge in [-0.15, -0.1) is 0 Å². The molecule has 2 saturated heterocycles. The molecule has 2 aliphatic rings. The summed E-state index contributed by atoms with van der Waals surface area (Å²) in [6.45, 7) is 5.07. The van der Waals surface area contributed by atoms with E-state index in [2.05, 4.69) is 12.2 Å². The number of thioether (sulfide) groups is 1. The number of carbonyl (C=O) groups excluding carboxylic acids is 2. The van der Waals surface area contributed by atoms with E-state index in [1.807, 2.05) is 18.7 Å². The first-order chi connectivity index (χ1) is 8.04. The molecular formula is C12H20N2O2S. The van der Waals surface area contributed by atoms with Gasteiger partial charge in [-0.1, -0.05) is 6.92 Å². The van der Waals surface area contributed by atoms with Gasteiger partial charge in [-0.05, 0) is 31.9 Å². The fraction of sp³-hybridized carbons (Fsp3) is 0.833. The van der Waals surface area contributed by atoms with Gasteiger partial charge in [0.15, 0.2) is 0 Å². The van der Waals surface area contributed by atoms with E-state index in [-0.39, 0.29) is 29.1 Å². The van der Waals surface area contributed by atoms with Gasteiger partial charge in [0.05, 0.1) is 6.54 Å². The van der Waals surface area contributed by atoms with Crippen molar-refractivity contribution in [2.45, 2.75) is 43.9 Å². The lowest BCUT2D eigenvalue weighted by atomic mass is 10.0. The van der Waals surface area contributed by atoms with E-state index < -0.39 is 0 Å². The number of nitrogens with one attached hydrogen (secondary N) is 1. The molecule has 2 amide bonds. The molecule has 4 nitrogen and oxygen atoms in total. The second-order valence-electron chi connectivity index (χ2n) is 5.12. The lowest BCUT2D eigenvalue weighted by Gasteiger charge is -2.37. The van der Waals surface area contributed by atoms with Gasteiger partial charge >= 0.3 is 0 Å². The first kappa shape index (κ1) is 12.7. The van der Waals surface area contributed by atoms with E-state index in [4.69, 9.17) is 0 Å². The number of nitrogens with zero attached hydrogens (tertiary/aromatic N) is 1.